The van der Waals surface area contributed by atoms with Crippen molar-refractivity contribution in [2.24, 2.45) is 0 Å². The van der Waals surface area contributed by atoms with Crippen LogP contribution in [0.25, 0.3) is 0 Å². The molecule has 5 atom stereocenters. The number of nitrogens with one attached hydrogen (secondary N) is 1. The molecule has 3 unspecified atom stereocenters. The molecule has 1 aromatic heterocycles. The molecule has 21 heteroatoms. The predicted molar refractivity (Wildman–Crippen MR) is 154 cm³/mol. The van der Waals surface area contributed by atoms with Gasteiger partial charge in [-0.3, -0.25) is 23.4 Å². The van der Waals surface area contributed by atoms with Crippen molar-refractivity contribution < 1.29 is 65.0 Å². The molecule has 3 rings (SSSR count). The molecule has 2 heterocycles. The molecule has 0 saturated heterocycles. The third kappa shape index (κ3) is 12.5. The van der Waals surface area contributed by atoms with Crippen molar-refractivity contribution in [3.63, 3.8) is 0 Å². The molecular weight excluding hydrogens is 665 g/mol. The van der Waals surface area contributed by atoms with Gasteiger partial charge >= 0.3 is 35.3 Å². The Bertz CT molecular complexity index is 1600. The summed E-state index contributed by atoms with van der Waals surface area (Å²) in [6, 6.07) is 5.39. The van der Waals surface area contributed by atoms with Crippen LogP contribution in [-0.2, 0) is 47.4 Å². The Morgan fingerprint density at radius 3 is 2.29 bits per heavy atom. The molecule has 250 valence electrons. The van der Waals surface area contributed by atoms with E-state index >= 15 is 0 Å². The summed E-state index contributed by atoms with van der Waals surface area (Å²) in [7, 11) is -16.4. The molecule has 0 aliphatic carbocycles. The summed E-state index contributed by atoms with van der Waals surface area (Å²) in [5.41, 5.74) is -0.889. The lowest BCUT2D eigenvalue weighted by Crippen LogP contribution is -2.33. The van der Waals surface area contributed by atoms with Gasteiger partial charge in [0.05, 0.1) is 19.8 Å². The topological polar surface area (TPSA) is 248 Å². The molecule has 18 nitrogen and oxygen atoms in total. The van der Waals surface area contributed by atoms with Crippen molar-refractivity contribution in [1.29, 1.82) is 0 Å². The van der Waals surface area contributed by atoms with E-state index in [9.17, 15) is 42.8 Å². The van der Waals surface area contributed by atoms with Crippen LogP contribution in [0.4, 0.5) is 4.79 Å². The number of carbonyl (C=O) groups excluding carboxylic acids is 1. The highest BCUT2D eigenvalue weighted by atomic mass is 31.3. The molecule has 0 spiro atoms. The average molecular weight is 698 g/mol. The van der Waals surface area contributed by atoms with E-state index in [2.05, 4.69) is 29.6 Å². The van der Waals surface area contributed by atoms with Gasteiger partial charge in [0, 0.05) is 11.8 Å². The van der Waals surface area contributed by atoms with Crippen molar-refractivity contribution in [3.8, 4) is 5.75 Å². The molecule has 2 aromatic rings. The number of phosphoric acid groups is 3. The molecule has 1 aromatic carbocycles. The Kier molecular flexibility index (Phi) is 13.2. The number of aromatic amines is 1. The van der Waals surface area contributed by atoms with Crippen molar-refractivity contribution in [2.75, 3.05) is 13.2 Å². The lowest BCUT2D eigenvalue weighted by Gasteiger charge is -2.20. The number of rotatable bonds is 17. The second kappa shape index (κ2) is 16.2. The zero-order valence-corrected chi connectivity index (χ0v) is 26.8. The number of ether oxygens (including phenoxy) is 3. The fourth-order valence-corrected chi connectivity index (χ4v) is 7.13. The van der Waals surface area contributed by atoms with E-state index in [0.717, 1.165) is 23.8 Å². The number of H-pyrrole nitrogens is 1. The summed E-state index contributed by atoms with van der Waals surface area (Å²) < 4.78 is 70.5. The van der Waals surface area contributed by atoms with E-state index in [1.807, 2.05) is 0 Å². The number of nitrogens with zero attached hydrogens (tertiary/aromatic N) is 1. The van der Waals surface area contributed by atoms with Crippen LogP contribution in [0, 0.1) is 6.92 Å². The van der Waals surface area contributed by atoms with E-state index in [4.69, 9.17) is 14.2 Å². The second-order valence-electron chi connectivity index (χ2n) is 9.47. The SMILES string of the molecule is CCCCCCOC(=O)Oc1ccc(COP(=O)(O)OP(=O)(O)OP(=O)(O)OC[C@@H]2C=C[C@H](n3cc(C)c(=O)[nH]c3=O)O2)cc1. The van der Waals surface area contributed by atoms with E-state index in [0.29, 0.717) is 6.42 Å². The van der Waals surface area contributed by atoms with Gasteiger partial charge in [0.25, 0.3) is 5.56 Å². The van der Waals surface area contributed by atoms with Crippen LogP contribution < -0.4 is 16.0 Å². The van der Waals surface area contributed by atoms with Gasteiger partial charge in [-0.1, -0.05) is 44.4 Å². The van der Waals surface area contributed by atoms with Gasteiger partial charge < -0.3 is 28.9 Å². The molecular formula is C24H33N2O16P3. The molecule has 0 saturated carbocycles. The second-order valence-corrected chi connectivity index (χ2v) is 14.1. The summed E-state index contributed by atoms with van der Waals surface area (Å²) in [6.07, 6.45) is 4.72. The van der Waals surface area contributed by atoms with Gasteiger partial charge in [-0.05, 0) is 37.1 Å². The van der Waals surface area contributed by atoms with Crippen molar-refractivity contribution >= 4 is 29.6 Å². The van der Waals surface area contributed by atoms with Gasteiger partial charge in [0.1, 0.15) is 11.9 Å². The minimum Gasteiger partial charge on any atom is -0.434 e. The van der Waals surface area contributed by atoms with Crippen LogP contribution in [0.2, 0.25) is 0 Å². The van der Waals surface area contributed by atoms with Crippen LogP contribution in [-0.4, -0.2) is 49.7 Å². The molecule has 4 N–H and O–H groups in total. The van der Waals surface area contributed by atoms with Crippen LogP contribution in [0.1, 0.15) is 50.0 Å². The number of aryl methyl sites for hydroxylation is 1. The highest BCUT2D eigenvalue weighted by molar-refractivity contribution is 7.66. The quantitative estimate of drug-likeness (QED) is 0.0600. The van der Waals surface area contributed by atoms with Crippen LogP contribution in [0.15, 0.2) is 52.2 Å². The highest BCUT2D eigenvalue weighted by Crippen LogP contribution is 2.67. The predicted octanol–water partition coefficient (Wildman–Crippen LogP) is 3.96. The van der Waals surface area contributed by atoms with E-state index in [1.165, 1.54) is 49.5 Å². The lowest BCUT2D eigenvalue weighted by atomic mass is 10.2. The minimum atomic E-state index is -5.72. The largest absolute Gasteiger partial charge is 0.513 e. The first-order chi connectivity index (χ1) is 21.1. The number of benzene rings is 1. The van der Waals surface area contributed by atoms with Crippen molar-refractivity contribution in [3.05, 3.63) is 74.6 Å². The van der Waals surface area contributed by atoms with Gasteiger partial charge in [0.2, 0.25) is 0 Å². The Hall–Kier alpha value is -2.72. The van der Waals surface area contributed by atoms with Gasteiger partial charge in [-0.15, -0.1) is 0 Å². The normalized spacial score (nSPS) is 20.2. The first-order valence-corrected chi connectivity index (χ1v) is 17.9. The summed E-state index contributed by atoms with van der Waals surface area (Å²) in [4.78, 5) is 66.8. The maximum absolute atomic E-state index is 12.2. The summed E-state index contributed by atoms with van der Waals surface area (Å²) >= 11 is 0. The smallest absolute Gasteiger partial charge is 0.434 e. The van der Waals surface area contributed by atoms with Gasteiger partial charge in [0.15, 0.2) is 6.23 Å². The molecule has 0 fully saturated rings. The molecule has 1 aliphatic rings. The van der Waals surface area contributed by atoms with Gasteiger partial charge in [-0.25, -0.2) is 23.3 Å². The molecule has 0 radical (unpaired) electrons. The van der Waals surface area contributed by atoms with E-state index < -0.39 is 66.4 Å². The fourth-order valence-electron chi connectivity index (χ4n) is 3.63. The van der Waals surface area contributed by atoms with Crippen molar-refractivity contribution in [1.82, 2.24) is 9.55 Å². The molecule has 0 bridgehead atoms. The molecule has 45 heavy (non-hydrogen) atoms. The average Bonchev–Trinajstić information content (AvgIpc) is 3.41. The standard InChI is InChI=1S/C24H33N2O16P3/c1-3-4-5-6-13-36-24(29)40-19-9-7-18(8-10-19)15-37-43(30,31)41-45(34,35)42-44(32,33)38-16-20-11-12-21(39-20)26-14-17(2)22(27)25-23(26)28/h7-12,14,20-21H,3-6,13,15-16H2,1-2H3,(H,30,31)(H,32,33)(H,34,35)(H,25,27,28)/t20-,21+/m0/s1. The maximum atomic E-state index is 12.2. The first-order valence-electron chi connectivity index (χ1n) is 13.4. The minimum absolute atomic E-state index is 0.113. The Labute approximate surface area is 256 Å². The Morgan fingerprint density at radius 1 is 0.956 bits per heavy atom. The molecule has 1 aliphatic heterocycles. The summed E-state index contributed by atoms with van der Waals surface area (Å²) in [5.74, 6) is 0.113. The number of hydrogen-bond acceptors (Lipinski definition) is 13. The highest BCUT2D eigenvalue weighted by Gasteiger charge is 2.42. The molecule has 0 amide bonds. The number of phosphoric ester groups is 2. The fraction of sp³-hybridized carbons (Fsp3) is 0.458. The third-order valence-corrected chi connectivity index (χ3v) is 10.0. The number of aromatic nitrogens is 2. The summed E-state index contributed by atoms with van der Waals surface area (Å²) in [6.45, 7) is 2.37. The van der Waals surface area contributed by atoms with E-state index in [-0.39, 0.29) is 23.5 Å². The zero-order chi connectivity index (χ0) is 33.3. The van der Waals surface area contributed by atoms with Crippen LogP contribution in [0.3, 0.4) is 0 Å². The summed E-state index contributed by atoms with van der Waals surface area (Å²) in [5, 5.41) is 0. The number of hydrogen-bond donors (Lipinski definition) is 4. The lowest BCUT2D eigenvalue weighted by molar-refractivity contribution is -0.0105. The van der Waals surface area contributed by atoms with E-state index in [1.54, 1.807) is 0 Å². The van der Waals surface area contributed by atoms with Gasteiger partial charge in [-0.2, -0.15) is 8.62 Å². The third-order valence-electron chi connectivity index (χ3n) is 5.78. The monoisotopic (exact) mass is 698 g/mol. The maximum Gasteiger partial charge on any atom is 0.513 e. The Morgan fingerprint density at radius 2 is 1.62 bits per heavy atom. The zero-order valence-electron chi connectivity index (χ0n) is 24.1. The first kappa shape index (κ1) is 36.7. The Balaban J connectivity index is 1.43. The van der Waals surface area contributed by atoms with Crippen molar-refractivity contribution in [2.45, 2.75) is 58.5 Å². The van der Waals surface area contributed by atoms with Crippen LogP contribution in [0.5, 0.6) is 5.75 Å². The van der Waals surface area contributed by atoms with Crippen LogP contribution >= 0.6 is 23.5 Å². The number of carbonyl (C=O) groups is 1. The number of unbranched alkanes of at least 4 members (excludes halogenated alkanes) is 3.